The number of rotatable bonds is 5. The van der Waals surface area contributed by atoms with Crippen LogP contribution < -0.4 is 4.74 Å². The van der Waals surface area contributed by atoms with E-state index in [-0.39, 0.29) is 12.5 Å². The molecule has 3 nitrogen and oxygen atoms in total. The molecule has 0 radical (unpaired) electrons. The predicted octanol–water partition coefficient (Wildman–Crippen LogP) is 4.17. The van der Waals surface area contributed by atoms with Gasteiger partial charge >= 0.3 is 0 Å². The Morgan fingerprint density at radius 2 is 1.95 bits per heavy atom. The van der Waals surface area contributed by atoms with E-state index in [1.54, 1.807) is 18.0 Å². The van der Waals surface area contributed by atoms with E-state index >= 15 is 0 Å². The normalized spacial score (nSPS) is 10.4. The molecule has 116 valence electrons. The van der Waals surface area contributed by atoms with Gasteiger partial charge in [0, 0.05) is 18.6 Å². The molecular formula is C18H20ClNO2. The lowest BCUT2D eigenvalue weighted by atomic mass is 10.0. The molecule has 0 fully saturated rings. The quantitative estimate of drug-likeness (QED) is 0.828. The SMILES string of the molecule is CCN(C)C(=O)COc1cc(Cl)cc(-c2cccc(C)c2)c1. The predicted molar refractivity (Wildman–Crippen MR) is 90.4 cm³/mol. The second-order valence-corrected chi connectivity index (χ2v) is 5.68. The highest BCUT2D eigenvalue weighted by Crippen LogP contribution is 2.29. The largest absolute Gasteiger partial charge is 0.484 e. The molecule has 0 saturated heterocycles. The highest BCUT2D eigenvalue weighted by Gasteiger charge is 2.09. The van der Waals surface area contributed by atoms with E-state index in [1.165, 1.54) is 5.56 Å². The van der Waals surface area contributed by atoms with Crippen molar-refractivity contribution in [3.63, 3.8) is 0 Å². The van der Waals surface area contributed by atoms with Crippen molar-refractivity contribution in [1.82, 2.24) is 4.90 Å². The summed E-state index contributed by atoms with van der Waals surface area (Å²) in [4.78, 5) is 13.4. The molecule has 0 aliphatic carbocycles. The molecule has 0 heterocycles. The van der Waals surface area contributed by atoms with E-state index in [9.17, 15) is 4.79 Å². The average molecular weight is 318 g/mol. The number of hydrogen-bond donors (Lipinski definition) is 0. The molecule has 1 amide bonds. The number of ether oxygens (including phenoxy) is 1. The molecule has 4 heteroatoms. The fourth-order valence-corrected chi connectivity index (χ4v) is 2.29. The van der Waals surface area contributed by atoms with Crippen LogP contribution in [0.15, 0.2) is 42.5 Å². The zero-order valence-electron chi connectivity index (χ0n) is 13.1. The third-order valence-corrected chi connectivity index (χ3v) is 3.70. The number of carbonyl (C=O) groups is 1. The van der Waals surface area contributed by atoms with Gasteiger partial charge in [-0.3, -0.25) is 4.79 Å². The molecule has 0 N–H and O–H groups in total. The van der Waals surface area contributed by atoms with Gasteiger partial charge in [-0.05, 0) is 43.2 Å². The number of hydrogen-bond acceptors (Lipinski definition) is 2. The number of amides is 1. The molecule has 2 aromatic rings. The van der Waals surface area contributed by atoms with E-state index in [4.69, 9.17) is 16.3 Å². The monoisotopic (exact) mass is 317 g/mol. The van der Waals surface area contributed by atoms with E-state index in [2.05, 4.69) is 6.07 Å². The zero-order valence-corrected chi connectivity index (χ0v) is 13.9. The Hall–Kier alpha value is -2.00. The Morgan fingerprint density at radius 1 is 1.18 bits per heavy atom. The summed E-state index contributed by atoms with van der Waals surface area (Å²) in [5.74, 6) is 0.543. The van der Waals surface area contributed by atoms with Crippen LogP contribution in [0.5, 0.6) is 5.75 Å². The number of aryl methyl sites for hydroxylation is 1. The minimum atomic E-state index is -0.0559. The Morgan fingerprint density at radius 3 is 2.64 bits per heavy atom. The number of benzene rings is 2. The van der Waals surface area contributed by atoms with Crippen LogP contribution in [0.25, 0.3) is 11.1 Å². The first-order valence-corrected chi connectivity index (χ1v) is 7.61. The van der Waals surface area contributed by atoms with Crippen molar-refractivity contribution in [3.8, 4) is 16.9 Å². The van der Waals surface area contributed by atoms with Crippen molar-refractivity contribution < 1.29 is 9.53 Å². The number of halogens is 1. The third-order valence-electron chi connectivity index (χ3n) is 3.49. The molecule has 2 aromatic carbocycles. The van der Waals surface area contributed by atoms with Crippen LogP contribution in [-0.4, -0.2) is 31.0 Å². The molecule has 2 rings (SSSR count). The second kappa shape index (κ2) is 7.32. The summed E-state index contributed by atoms with van der Waals surface area (Å²) in [5.41, 5.74) is 3.23. The first-order chi connectivity index (χ1) is 10.5. The minimum Gasteiger partial charge on any atom is -0.484 e. The van der Waals surface area contributed by atoms with Crippen LogP contribution in [0.4, 0.5) is 0 Å². The molecule has 0 aromatic heterocycles. The molecule has 0 aliphatic heterocycles. The lowest BCUT2D eigenvalue weighted by Crippen LogP contribution is -2.31. The van der Waals surface area contributed by atoms with Crippen molar-refractivity contribution in [2.45, 2.75) is 13.8 Å². The van der Waals surface area contributed by atoms with Crippen LogP contribution >= 0.6 is 11.6 Å². The van der Waals surface area contributed by atoms with E-state index in [0.29, 0.717) is 17.3 Å². The van der Waals surface area contributed by atoms with E-state index in [0.717, 1.165) is 11.1 Å². The van der Waals surface area contributed by atoms with Crippen molar-refractivity contribution >= 4 is 17.5 Å². The first kappa shape index (κ1) is 16.4. The van der Waals surface area contributed by atoms with Gasteiger partial charge in [-0.1, -0.05) is 41.4 Å². The summed E-state index contributed by atoms with van der Waals surface area (Å²) < 4.78 is 5.59. The van der Waals surface area contributed by atoms with Gasteiger partial charge in [-0.25, -0.2) is 0 Å². The van der Waals surface area contributed by atoms with Crippen LogP contribution in [-0.2, 0) is 4.79 Å². The Labute approximate surface area is 136 Å². The van der Waals surface area contributed by atoms with Gasteiger partial charge in [0.05, 0.1) is 0 Å². The highest BCUT2D eigenvalue weighted by atomic mass is 35.5. The zero-order chi connectivity index (χ0) is 16.1. The second-order valence-electron chi connectivity index (χ2n) is 5.24. The third kappa shape index (κ3) is 4.25. The van der Waals surface area contributed by atoms with Crippen LogP contribution in [0.3, 0.4) is 0 Å². The molecule has 0 bridgehead atoms. The summed E-state index contributed by atoms with van der Waals surface area (Å²) >= 11 is 6.17. The van der Waals surface area contributed by atoms with Crippen molar-refractivity contribution in [2.24, 2.45) is 0 Å². The summed E-state index contributed by atoms with van der Waals surface area (Å²) in [6.45, 7) is 4.64. The smallest absolute Gasteiger partial charge is 0.260 e. The maximum atomic E-state index is 11.8. The van der Waals surface area contributed by atoms with Crippen molar-refractivity contribution in [1.29, 1.82) is 0 Å². The highest BCUT2D eigenvalue weighted by molar-refractivity contribution is 6.31. The maximum Gasteiger partial charge on any atom is 0.260 e. The number of likely N-dealkylation sites (N-methyl/N-ethyl adjacent to an activating group) is 1. The summed E-state index contributed by atoms with van der Waals surface area (Å²) in [6.07, 6.45) is 0. The Bertz CT molecular complexity index is 670. The number of carbonyl (C=O) groups excluding carboxylic acids is 1. The lowest BCUT2D eigenvalue weighted by Gasteiger charge is -2.15. The maximum absolute atomic E-state index is 11.8. The van der Waals surface area contributed by atoms with Gasteiger partial charge < -0.3 is 9.64 Å². The van der Waals surface area contributed by atoms with Gasteiger partial charge in [0.25, 0.3) is 5.91 Å². The molecule has 0 atom stereocenters. The van der Waals surface area contributed by atoms with Gasteiger partial charge in [-0.15, -0.1) is 0 Å². The van der Waals surface area contributed by atoms with E-state index < -0.39 is 0 Å². The van der Waals surface area contributed by atoms with Gasteiger partial charge in [0.15, 0.2) is 6.61 Å². The minimum absolute atomic E-state index is 0.0118. The van der Waals surface area contributed by atoms with Gasteiger partial charge in [-0.2, -0.15) is 0 Å². The molecule has 0 unspecified atom stereocenters. The van der Waals surface area contributed by atoms with Gasteiger partial charge in [0.1, 0.15) is 5.75 Å². The standard InChI is InChI=1S/C18H20ClNO2/c1-4-20(3)18(21)12-22-17-10-15(9-16(19)11-17)14-7-5-6-13(2)8-14/h5-11H,4,12H2,1-3H3. The molecular weight excluding hydrogens is 298 g/mol. The molecule has 0 spiro atoms. The van der Waals surface area contributed by atoms with Crippen LogP contribution in [0, 0.1) is 6.92 Å². The first-order valence-electron chi connectivity index (χ1n) is 7.24. The Kier molecular flexibility index (Phi) is 5.45. The molecule has 0 aliphatic rings. The molecule has 0 saturated carbocycles. The Balaban J connectivity index is 2.19. The summed E-state index contributed by atoms with van der Waals surface area (Å²) in [6, 6.07) is 13.7. The molecule has 22 heavy (non-hydrogen) atoms. The average Bonchev–Trinajstić information content (AvgIpc) is 2.51. The lowest BCUT2D eigenvalue weighted by molar-refractivity contribution is -0.131. The van der Waals surface area contributed by atoms with Crippen molar-refractivity contribution in [3.05, 3.63) is 53.1 Å². The van der Waals surface area contributed by atoms with Crippen LogP contribution in [0.2, 0.25) is 5.02 Å². The summed E-state index contributed by atoms with van der Waals surface area (Å²) in [7, 11) is 1.75. The number of nitrogens with zero attached hydrogens (tertiary/aromatic N) is 1. The van der Waals surface area contributed by atoms with Crippen LogP contribution in [0.1, 0.15) is 12.5 Å². The van der Waals surface area contributed by atoms with E-state index in [1.807, 2.05) is 44.2 Å². The van der Waals surface area contributed by atoms with Gasteiger partial charge in [0.2, 0.25) is 0 Å². The summed E-state index contributed by atoms with van der Waals surface area (Å²) in [5, 5.41) is 0.588. The topological polar surface area (TPSA) is 29.5 Å². The van der Waals surface area contributed by atoms with Crippen molar-refractivity contribution in [2.75, 3.05) is 20.2 Å². The fourth-order valence-electron chi connectivity index (χ4n) is 2.07. The fraction of sp³-hybridized carbons (Fsp3) is 0.278.